The summed E-state index contributed by atoms with van der Waals surface area (Å²) in [5, 5.41) is 36.6. The summed E-state index contributed by atoms with van der Waals surface area (Å²) in [4.78, 5) is 44.9. The molecule has 0 saturated heterocycles. The summed E-state index contributed by atoms with van der Waals surface area (Å²) < 4.78 is 0. The van der Waals surface area contributed by atoms with Gasteiger partial charge in [-0.2, -0.15) is 0 Å². The highest BCUT2D eigenvalue weighted by atomic mass is 16.4. The molecule has 8 nitrogen and oxygen atoms in total. The number of allylic oxidation sites excluding steroid dienone is 4. The smallest absolute Gasteiger partial charge is 0.307 e. The van der Waals surface area contributed by atoms with E-state index < -0.39 is 47.5 Å². The van der Waals surface area contributed by atoms with E-state index in [0.717, 1.165) is 0 Å². The second-order valence-corrected chi connectivity index (χ2v) is 6.02. The molecule has 0 fully saturated rings. The minimum Gasteiger partial charge on any atom is -0.481 e. The fraction of sp³-hybridized carbons (Fsp3) is 0.556. The summed E-state index contributed by atoms with van der Waals surface area (Å²) in [5.74, 6) is -9.46. The standard InChI is InChI=1S/C18H26O8/c1-3-4-5-9-13(17(23)24)14(18(25)26)10-7-6-8-12(16(21)22)11(2)15(19)20/h4-7,11-14H,3,8-10H2,1-2H3,(H,19,20)(H,21,22)(H,23,24)(H,25,26). The Kier molecular flexibility index (Phi) is 10.6. The Hall–Kier alpha value is -2.64. The lowest BCUT2D eigenvalue weighted by atomic mass is 9.86. The predicted octanol–water partition coefficient (Wildman–Crippen LogP) is 2.50. The number of rotatable bonds is 13. The second kappa shape index (κ2) is 11.8. The van der Waals surface area contributed by atoms with Crippen molar-refractivity contribution in [2.24, 2.45) is 23.7 Å². The van der Waals surface area contributed by atoms with Crippen LogP contribution in [0.1, 0.15) is 39.5 Å². The van der Waals surface area contributed by atoms with Gasteiger partial charge >= 0.3 is 23.9 Å². The SMILES string of the molecule is CCC=CCC(C(=O)O)C(CC=CCC(C(=O)O)C(C)C(=O)O)C(=O)O. The lowest BCUT2D eigenvalue weighted by molar-refractivity contribution is -0.153. The van der Waals surface area contributed by atoms with Gasteiger partial charge in [0.2, 0.25) is 0 Å². The van der Waals surface area contributed by atoms with Gasteiger partial charge in [-0.05, 0) is 25.7 Å². The molecule has 0 saturated carbocycles. The van der Waals surface area contributed by atoms with Crippen molar-refractivity contribution < 1.29 is 39.6 Å². The van der Waals surface area contributed by atoms with Gasteiger partial charge in [0.05, 0.1) is 23.7 Å². The van der Waals surface area contributed by atoms with Gasteiger partial charge in [-0.1, -0.05) is 38.2 Å². The van der Waals surface area contributed by atoms with Crippen molar-refractivity contribution in [3.63, 3.8) is 0 Å². The zero-order chi connectivity index (χ0) is 20.3. The van der Waals surface area contributed by atoms with Gasteiger partial charge in [0.1, 0.15) is 0 Å². The molecule has 0 amide bonds. The van der Waals surface area contributed by atoms with Crippen molar-refractivity contribution >= 4 is 23.9 Å². The largest absolute Gasteiger partial charge is 0.481 e. The first-order chi connectivity index (χ1) is 12.1. The second-order valence-electron chi connectivity index (χ2n) is 6.02. The Balaban J connectivity index is 5.04. The molecule has 0 aliphatic heterocycles. The lowest BCUT2D eigenvalue weighted by Crippen LogP contribution is -2.29. The Morgan fingerprint density at radius 1 is 0.654 bits per heavy atom. The van der Waals surface area contributed by atoms with E-state index in [1.165, 1.54) is 19.1 Å². The molecule has 26 heavy (non-hydrogen) atoms. The Morgan fingerprint density at radius 2 is 1.00 bits per heavy atom. The molecule has 0 aromatic heterocycles. The minimum atomic E-state index is -1.26. The van der Waals surface area contributed by atoms with Gasteiger partial charge < -0.3 is 20.4 Å². The maximum absolute atomic E-state index is 11.4. The molecule has 8 heteroatoms. The third-order valence-corrected chi connectivity index (χ3v) is 4.17. The van der Waals surface area contributed by atoms with Crippen LogP contribution < -0.4 is 0 Å². The van der Waals surface area contributed by atoms with Gasteiger partial charge in [-0.3, -0.25) is 19.2 Å². The summed E-state index contributed by atoms with van der Waals surface area (Å²) in [7, 11) is 0. The molecule has 0 aromatic rings. The molecule has 4 atom stereocenters. The quantitative estimate of drug-likeness (QED) is 0.361. The minimum absolute atomic E-state index is 0.0807. The Labute approximate surface area is 151 Å². The first-order valence-corrected chi connectivity index (χ1v) is 8.34. The van der Waals surface area contributed by atoms with E-state index in [-0.39, 0.29) is 19.3 Å². The molecule has 0 aromatic carbocycles. The van der Waals surface area contributed by atoms with Crippen molar-refractivity contribution in [1.82, 2.24) is 0 Å². The van der Waals surface area contributed by atoms with Gasteiger partial charge in [-0.25, -0.2) is 0 Å². The molecule has 0 spiro atoms. The summed E-state index contributed by atoms with van der Waals surface area (Å²) in [6, 6.07) is 0. The first-order valence-electron chi connectivity index (χ1n) is 8.34. The Morgan fingerprint density at radius 3 is 1.31 bits per heavy atom. The number of carboxylic acids is 4. The molecular weight excluding hydrogens is 344 g/mol. The molecule has 0 radical (unpaired) electrons. The van der Waals surface area contributed by atoms with Crippen LogP contribution in [-0.2, 0) is 19.2 Å². The molecule has 0 heterocycles. The predicted molar refractivity (Wildman–Crippen MR) is 92.6 cm³/mol. The van der Waals surface area contributed by atoms with Crippen LogP contribution in [0.3, 0.4) is 0 Å². The first kappa shape index (κ1) is 23.4. The average molecular weight is 370 g/mol. The fourth-order valence-corrected chi connectivity index (χ4v) is 2.46. The van der Waals surface area contributed by atoms with E-state index >= 15 is 0 Å². The van der Waals surface area contributed by atoms with Crippen molar-refractivity contribution in [2.45, 2.75) is 39.5 Å². The molecule has 146 valence electrons. The Bertz CT molecular complexity index is 564. The van der Waals surface area contributed by atoms with Crippen molar-refractivity contribution in [3.8, 4) is 0 Å². The van der Waals surface area contributed by atoms with E-state index in [9.17, 15) is 29.4 Å². The fourth-order valence-electron chi connectivity index (χ4n) is 2.46. The van der Waals surface area contributed by atoms with Gasteiger partial charge in [0, 0.05) is 0 Å². The van der Waals surface area contributed by atoms with Crippen LogP contribution >= 0.6 is 0 Å². The molecule has 4 N–H and O–H groups in total. The zero-order valence-corrected chi connectivity index (χ0v) is 14.9. The van der Waals surface area contributed by atoms with Crippen LogP contribution in [0.2, 0.25) is 0 Å². The van der Waals surface area contributed by atoms with Crippen molar-refractivity contribution in [1.29, 1.82) is 0 Å². The highest BCUT2D eigenvalue weighted by Crippen LogP contribution is 2.23. The molecule has 0 aliphatic rings. The third-order valence-electron chi connectivity index (χ3n) is 4.17. The maximum atomic E-state index is 11.4. The van der Waals surface area contributed by atoms with Gasteiger partial charge in [0.25, 0.3) is 0 Å². The van der Waals surface area contributed by atoms with Crippen LogP contribution in [0.15, 0.2) is 24.3 Å². The van der Waals surface area contributed by atoms with Crippen LogP contribution in [0.25, 0.3) is 0 Å². The molecule has 4 unspecified atom stereocenters. The maximum Gasteiger partial charge on any atom is 0.307 e. The number of aliphatic carboxylic acids is 4. The molecular formula is C18H26O8. The summed E-state index contributed by atoms with van der Waals surface area (Å²) in [6.45, 7) is 3.16. The van der Waals surface area contributed by atoms with Gasteiger partial charge in [-0.15, -0.1) is 0 Å². The molecule has 0 bridgehead atoms. The molecule has 0 aliphatic carbocycles. The summed E-state index contributed by atoms with van der Waals surface area (Å²) >= 11 is 0. The topological polar surface area (TPSA) is 149 Å². The van der Waals surface area contributed by atoms with E-state index in [2.05, 4.69) is 0 Å². The van der Waals surface area contributed by atoms with E-state index in [4.69, 9.17) is 10.2 Å². The third kappa shape index (κ3) is 7.96. The van der Waals surface area contributed by atoms with Crippen molar-refractivity contribution in [2.75, 3.05) is 0 Å². The summed E-state index contributed by atoms with van der Waals surface area (Å²) in [6.07, 6.45) is 6.83. The monoisotopic (exact) mass is 370 g/mol. The average Bonchev–Trinajstić information content (AvgIpc) is 2.54. The normalized spacial score (nSPS) is 16.2. The van der Waals surface area contributed by atoms with E-state index in [1.807, 2.05) is 6.92 Å². The number of carboxylic acid groups (broad SMARTS) is 4. The van der Waals surface area contributed by atoms with Crippen molar-refractivity contribution in [3.05, 3.63) is 24.3 Å². The van der Waals surface area contributed by atoms with Crippen LogP contribution in [0.5, 0.6) is 0 Å². The van der Waals surface area contributed by atoms with E-state index in [0.29, 0.717) is 6.42 Å². The van der Waals surface area contributed by atoms with Crippen LogP contribution in [-0.4, -0.2) is 44.3 Å². The number of hydrogen-bond donors (Lipinski definition) is 4. The lowest BCUT2D eigenvalue weighted by Gasteiger charge is -2.18. The molecule has 0 rings (SSSR count). The number of carbonyl (C=O) groups is 4. The van der Waals surface area contributed by atoms with Gasteiger partial charge in [0.15, 0.2) is 0 Å². The van der Waals surface area contributed by atoms with E-state index in [1.54, 1.807) is 12.2 Å². The van der Waals surface area contributed by atoms with Crippen LogP contribution in [0.4, 0.5) is 0 Å². The highest BCUT2D eigenvalue weighted by molar-refractivity contribution is 5.80. The summed E-state index contributed by atoms with van der Waals surface area (Å²) in [5.41, 5.74) is 0. The number of hydrogen-bond acceptors (Lipinski definition) is 4. The highest BCUT2D eigenvalue weighted by Gasteiger charge is 2.32. The van der Waals surface area contributed by atoms with Crippen LogP contribution in [0, 0.1) is 23.7 Å². The zero-order valence-electron chi connectivity index (χ0n) is 14.9.